The molecular formula is C19H26Cl3N5O3. The van der Waals surface area contributed by atoms with Crippen LogP contribution in [-0.4, -0.2) is 31.3 Å². The second kappa shape index (κ2) is 11.6. The number of rotatable bonds is 6. The Morgan fingerprint density at radius 3 is 2.03 bits per heavy atom. The third kappa shape index (κ3) is 5.33. The van der Waals surface area contributed by atoms with Gasteiger partial charge in [-0.05, 0) is 24.1 Å². The van der Waals surface area contributed by atoms with Gasteiger partial charge in [0.1, 0.15) is 5.82 Å². The van der Waals surface area contributed by atoms with E-state index in [4.69, 9.17) is 25.7 Å². The first-order chi connectivity index (χ1) is 13.0. The van der Waals surface area contributed by atoms with E-state index < -0.39 is 0 Å². The van der Waals surface area contributed by atoms with Crippen LogP contribution in [0.25, 0.3) is 10.9 Å². The minimum absolute atomic E-state index is 0. The minimum Gasteiger partial charge on any atom is -0.493 e. The first kappa shape index (κ1) is 27.5. The van der Waals surface area contributed by atoms with Gasteiger partial charge in [-0.1, -0.05) is 6.07 Å². The number of hydrogen-bond acceptors (Lipinski definition) is 8. The molecule has 166 valence electrons. The first-order valence-corrected chi connectivity index (χ1v) is 8.33. The van der Waals surface area contributed by atoms with Crippen LogP contribution in [0.3, 0.4) is 0 Å². The number of benzene rings is 2. The molecule has 0 saturated carbocycles. The predicted molar refractivity (Wildman–Crippen MR) is 128 cm³/mol. The van der Waals surface area contributed by atoms with Crippen LogP contribution in [-0.2, 0) is 6.54 Å². The number of ether oxygens (including phenoxy) is 3. The second-order valence-electron chi connectivity index (χ2n) is 5.98. The quantitative estimate of drug-likeness (QED) is 0.486. The van der Waals surface area contributed by atoms with E-state index in [0.717, 1.165) is 27.7 Å². The summed E-state index contributed by atoms with van der Waals surface area (Å²) in [6.07, 6.45) is 0. The van der Waals surface area contributed by atoms with Gasteiger partial charge in [0, 0.05) is 29.8 Å². The van der Waals surface area contributed by atoms with Gasteiger partial charge in [0.05, 0.1) is 26.8 Å². The Morgan fingerprint density at radius 1 is 0.900 bits per heavy atom. The summed E-state index contributed by atoms with van der Waals surface area (Å²) in [7, 11) is 4.75. The van der Waals surface area contributed by atoms with E-state index in [1.807, 2.05) is 31.2 Å². The minimum atomic E-state index is 0. The number of hydrogen-bond donors (Lipinski definition) is 3. The number of aryl methyl sites for hydroxylation is 1. The number of anilines is 3. The highest BCUT2D eigenvalue weighted by atomic mass is 35.5. The monoisotopic (exact) mass is 477 g/mol. The molecule has 5 N–H and O–H groups in total. The molecule has 0 bridgehead atoms. The van der Waals surface area contributed by atoms with E-state index in [1.54, 1.807) is 21.3 Å². The highest BCUT2D eigenvalue weighted by Crippen LogP contribution is 2.40. The van der Waals surface area contributed by atoms with Gasteiger partial charge in [-0.25, -0.2) is 4.98 Å². The van der Waals surface area contributed by atoms with Gasteiger partial charge in [-0.15, -0.1) is 37.2 Å². The zero-order valence-corrected chi connectivity index (χ0v) is 19.5. The molecule has 0 fully saturated rings. The number of nitrogens with one attached hydrogen (secondary N) is 1. The molecule has 0 aliphatic carbocycles. The maximum absolute atomic E-state index is 6.04. The molecule has 11 heteroatoms. The maximum Gasteiger partial charge on any atom is 0.222 e. The van der Waals surface area contributed by atoms with Gasteiger partial charge in [0.2, 0.25) is 11.7 Å². The summed E-state index contributed by atoms with van der Waals surface area (Å²) in [6.45, 7) is 2.56. The van der Waals surface area contributed by atoms with Gasteiger partial charge in [-0.2, -0.15) is 4.98 Å². The molecule has 0 unspecified atom stereocenters. The summed E-state index contributed by atoms with van der Waals surface area (Å²) < 4.78 is 16.1. The van der Waals surface area contributed by atoms with Crippen LogP contribution < -0.4 is 31.0 Å². The van der Waals surface area contributed by atoms with Crippen molar-refractivity contribution in [2.24, 2.45) is 0 Å². The number of methoxy groups -OCH3 is 3. The number of aromatic nitrogens is 2. The molecule has 0 saturated heterocycles. The van der Waals surface area contributed by atoms with Crippen LogP contribution in [0.2, 0.25) is 0 Å². The molecule has 0 aliphatic heterocycles. The summed E-state index contributed by atoms with van der Waals surface area (Å²) in [4.78, 5) is 8.30. The lowest BCUT2D eigenvalue weighted by atomic mass is 10.0. The van der Waals surface area contributed by atoms with Crippen molar-refractivity contribution >= 4 is 65.6 Å². The summed E-state index contributed by atoms with van der Waals surface area (Å²) >= 11 is 0. The standard InChI is InChI=1S/C19H23N5O3.3ClH/c1-10-11(5-6-13-16(10)18(20)24-19(21)23-13)9-22-12-7-14(25-2)17(27-4)15(8-12)26-3;;;/h5-8,22H,9H2,1-4H3,(H4,20,21,23,24);3*1H. The van der Waals surface area contributed by atoms with Crippen LogP contribution in [0.15, 0.2) is 24.3 Å². The third-order valence-electron chi connectivity index (χ3n) is 4.43. The molecule has 0 atom stereocenters. The molecule has 3 rings (SSSR count). The van der Waals surface area contributed by atoms with Crippen LogP contribution in [0.5, 0.6) is 17.2 Å². The Hall–Kier alpha value is -2.55. The van der Waals surface area contributed by atoms with E-state index in [1.165, 1.54) is 0 Å². The van der Waals surface area contributed by atoms with Crippen molar-refractivity contribution in [3.05, 3.63) is 35.4 Å². The molecule has 0 radical (unpaired) electrons. The average molecular weight is 479 g/mol. The first-order valence-electron chi connectivity index (χ1n) is 8.33. The normalized spacial score (nSPS) is 9.60. The van der Waals surface area contributed by atoms with Crippen molar-refractivity contribution in [3.63, 3.8) is 0 Å². The average Bonchev–Trinajstić information content (AvgIpc) is 2.65. The van der Waals surface area contributed by atoms with Crippen LogP contribution in [0.4, 0.5) is 17.5 Å². The summed E-state index contributed by atoms with van der Waals surface area (Å²) in [5.41, 5.74) is 15.4. The third-order valence-corrected chi connectivity index (χ3v) is 4.43. The Kier molecular flexibility index (Phi) is 10.6. The van der Waals surface area contributed by atoms with Gasteiger partial charge < -0.3 is 31.0 Å². The summed E-state index contributed by atoms with van der Waals surface area (Å²) in [6, 6.07) is 7.60. The second-order valence-corrected chi connectivity index (χ2v) is 5.98. The Labute approximate surface area is 193 Å². The summed E-state index contributed by atoms with van der Waals surface area (Å²) in [5, 5.41) is 4.19. The fourth-order valence-electron chi connectivity index (χ4n) is 3.06. The molecule has 8 nitrogen and oxygen atoms in total. The lowest BCUT2D eigenvalue weighted by molar-refractivity contribution is 0.324. The zero-order chi connectivity index (χ0) is 19.6. The number of halogens is 3. The molecule has 2 aromatic carbocycles. The Bertz CT molecular complexity index is 980. The van der Waals surface area contributed by atoms with E-state index >= 15 is 0 Å². The number of fused-ring (bicyclic) bond motifs is 1. The van der Waals surface area contributed by atoms with Crippen molar-refractivity contribution in [3.8, 4) is 17.2 Å². The SMILES string of the molecule is COc1cc(NCc2ccc3nc(N)nc(N)c3c2C)cc(OC)c1OC.Cl.Cl.Cl. The molecule has 1 aromatic heterocycles. The predicted octanol–water partition coefficient (Wildman–Crippen LogP) is 4.01. The Balaban J connectivity index is 0.00000280. The Morgan fingerprint density at radius 2 is 1.50 bits per heavy atom. The van der Waals surface area contributed by atoms with E-state index in [-0.39, 0.29) is 43.2 Å². The molecule has 3 aromatic rings. The molecule has 0 aliphatic rings. The van der Waals surface area contributed by atoms with Crippen LogP contribution >= 0.6 is 37.2 Å². The highest BCUT2D eigenvalue weighted by molar-refractivity contribution is 5.92. The molecule has 0 amide bonds. The highest BCUT2D eigenvalue weighted by Gasteiger charge is 2.14. The maximum atomic E-state index is 6.04. The lowest BCUT2D eigenvalue weighted by Crippen LogP contribution is -2.06. The van der Waals surface area contributed by atoms with Gasteiger partial charge in [0.25, 0.3) is 0 Å². The van der Waals surface area contributed by atoms with E-state index in [2.05, 4.69) is 15.3 Å². The topological polar surface area (TPSA) is 118 Å². The summed E-state index contributed by atoms with van der Waals surface area (Å²) in [5.74, 6) is 2.27. The zero-order valence-electron chi connectivity index (χ0n) is 17.0. The van der Waals surface area contributed by atoms with E-state index in [0.29, 0.717) is 29.6 Å². The van der Waals surface area contributed by atoms with Crippen molar-refractivity contribution in [2.75, 3.05) is 38.1 Å². The van der Waals surface area contributed by atoms with Gasteiger partial charge >= 0.3 is 0 Å². The molecule has 30 heavy (non-hydrogen) atoms. The van der Waals surface area contributed by atoms with Crippen LogP contribution in [0.1, 0.15) is 11.1 Å². The van der Waals surface area contributed by atoms with Gasteiger partial charge in [0.15, 0.2) is 11.5 Å². The number of nitrogen functional groups attached to an aromatic ring is 2. The van der Waals surface area contributed by atoms with Crippen molar-refractivity contribution in [1.82, 2.24) is 9.97 Å². The molecule has 1 heterocycles. The van der Waals surface area contributed by atoms with Crippen LogP contribution in [0, 0.1) is 6.92 Å². The van der Waals surface area contributed by atoms with Crippen molar-refractivity contribution in [2.45, 2.75) is 13.5 Å². The number of nitrogens with two attached hydrogens (primary N) is 2. The van der Waals surface area contributed by atoms with Gasteiger partial charge in [-0.3, -0.25) is 0 Å². The number of nitrogens with zero attached hydrogens (tertiary/aromatic N) is 2. The van der Waals surface area contributed by atoms with Crippen molar-refractivity contribution < 1.29 is 14.2 Å². The molecule has 0 spiro atoms. The largest absolute Gasteiger partial charge is 0.493 e. The smallest absolute Gasteiger partial charge is 0.222 e. The van der Waals surface area contributed by atoms with Crippen molar-refractivity contribution in [1.29, 1.82) is 0 Å². The molecular weight excluding hydrogens is 453 g/mol. The van der Waals surface area contributed by atoms with E-state index in [9.17, 15) is 0 Å². The fourth-order valence-corrected chi connectivity index (χ4v) is 3.06. The fraction of sp³-hybridized carbons (Fsp3) is 0.263. The lowest BCUT2D eigenvalue weighted by Gasteiger charge is -2.16.